The summed E-state index contributed by atoms with van der Waals surface area (Å²) in [5, 5.41) is 6.36. The van der Waals surface area contributed by atoms with Gasteiger partial charge in [0.1, 0.15) is 5.82 Å². The quantitative estimate of drug-likeness (QED) is 0.567. The van der Waals surface area contributed by atoms with Crippen LogP contribution in [-0.2, 0) is 6.42 Å². The molecule has 4 heteroatoms. The minimum absolute atomic E-state index is 0.0822. The minimum Gasteiger partial charge on any atom is -0.341 e. The molecule has 2 N–H and O–H groups in total. The number of hydrogen-bond donors (Lipinski definition) is 2. The summed E-state index contributed by atoms with van der Waals surface area (Å²) in [7, 11) is 0. The zero-order valence-electron chi connectivity index (χ0n) is 14.7. The highest BCUT2D eigenvalue weighted by Crippen LogP contribution is 2.16. The van der Waals surface area contributed by atoms with Gasteiger partial charge in [0.25, 0.3) is 5.56 Å². The molecule has 3 rings (SSSR count). The fraction of sp³-hybridized carbons (Fsp3) is 0.286. The van der Waals surface area contributed by atoms with Crippen LogP contribution in [-0.4, -0.2) is 9.78 Å². The van der Waals surface area contributed by atoms with Crippen LogP contribution in [0.2, 0.25) is 0 Å². The second-order valence-electron chi connectivity index (χ2n) is 6.31. The van der Waals surface area contributed by atoms with Gasteiger partial charge in [0, 0.05) is 11.8 Å². The number of H-pyrrole nitrogens is 1. The molecule has 0 aliphatic carbocycles. The average molecular weight is 335 g/mol. The highest BCUT2D eigenvalue weighted by molar-refractivity contribution is 5.56. The molecule has 2 aromatic carbocycles. The van der Waals surface area contributed by atoms with Gasteiger partial charge in [-0.2, -0.15) is 0 Å². The van der Waals surface area contributed by atoms with Crippen LogP contribution < -0.4 is 10.9 Å². The van der Waals surface area contributed by atoms with Crippen molar-refractivity contribution in [3.05, 3.63) is 76.6 Å². The van der Waals surface area contributed by atoms with Gasteiger partial charge in [0.05, 0.1) is 5.69 Å². The summed E-state index contributed by atoms with van der Waals surface area (Å²) in [6, 6.07) is 19.6. The molecular weight excluding hydrogens is 310 g/mol. The Morgan fingerprint density at radius 2 is 1.72 bits per heavy atom. The van der Waals surface area contributed by atoms with Crippen LogP contribution in [0, 0.1) is 0 Å². The molecule has 130 valence electrons. The molecule has 25 heavy (non-hydrogen) atoms. The Balaban J connectivity index is 1.64. The minimum atomic E-state index is -0.0822. The smallest absolute Gasteiger partial charge is 0.273 e. The van der Waals surface area contributed by atoms with Crippen LogP contribution in [0.15, 0.2) is 65.5 Å². The number of aryl methyl sites for hydroxylation is 1. The first-order valence-electron chi connectivity index (χ1n) is 9.00. The predicted octanol–water partition coefficient (Wildman–Crippen LogP) is 5.03. The lowest BCUT2D eigenvalue weighted by Crippen LogP contribution is -2.12. The summed E-state index contributed by atoms with van der Waals surface area (Å²) in [6.45, 7) is 2.23. The lowest BCUT2D eigenvalue weighted by Gasteiger charge is -2.06. The first-order valence-corrected chi connectivity index (χ1v) is 9.00. The normalized spacial score (nSPS) is 10.8. The highest BCUT2D eigenvalue weighted by Gasteiger charge is 2.05. The van der Waals surface area contributed by atoms with Crippen LogP contribution in [0.5, 0.6) is 0 Å². The summed E-state index contributed by atoms with van der Waals surface area (Å²) in [4.78, 5) is 12.1. The first kappa shape index (κ1) is 17.1. The second-order valence-corrected chi connectivity index (χ2v) is 6.31. The van der Waals surface area contributed by atoms with Gasteiger partial charge in [0.2, 0.25) is 0 Å². The van der Waals surface area contributed by atoms with Crippen molar-refractivity contribution in [1.29, 1.82) is 0 Å². The van der Waals surface area contributed by atoms with Crippen molar-refractivity contribution in [3.63, 3.8) is 0 Å². The third-order valence-corrected chi connectivity index (χ3v) is 4.29. The number of aromatic amines is 1. The van der Waals surface area contributed by atoms with Gasteiger partial charge in [-0.25, -0.2) is 4.68 Å². The summed E-state index contributed by atoms with van der Waals surface area (Å²) < 4.78 is 1.53. The number of hydrogen-bond acceptors (Lipinski definition) is 2. The highest BCUT2D eigenvalue weighted by atomic mass is 16.1. The Labute approximate surface area is 148 Å². The standard InChI is InChI=1S/C21H25N3O/c1-2-3-4-6-9-17-12-14-18(15-13-17)22-20-16-21(25)24(23-20)19-10-7-5-8-11-19/h5,7-8,10-16,22-23H,2-4,6,9H2,1H3. The van der Waals surface area contributed by atoms with E-state index in [1.165, 1.54) is 35.9 Å². The number of unbranched alkanes of at least 4 members (excludes halogenated alkanes) is 3. The summed E-state index contributed by atoms with van der Waals surface area (Å²) in [6.07, 6.45) is 6.25. The van der Waals surface area contributed by atoms with Crippen molar-refractivity contribution in [1.82, 2.24) is 9.78 Å². The van der Waals surface area contributed by atoms with Crippen molar-refractivity contribution < 1.29 is 0 Å². The van der Waals surface area contributed by atoms with E-state index in [-0.39, 0.29) is 5.56 Å². The molecule has 0 saturated carbocycles. The fourth-order valence-corrected chi connectivity index (χ4v) is 2.89. The average Bonchev–Trinajstić information content (AvgIpc) is 3.01. The van der Waals surface area contributed by atoms with Gasteiger partial charge >= 0.3 is 0 Å². The number of para-hydroxylation sites is 1. The van der Waals surface area contributed by atoms with Crippen molar-refractivity contribution in [2.75, 3.05) is 5.32 Å². The lowest BCUT2D eigenvalue weighted by atomic mass is 10.1. The molecule has 1 heterocycles. The van der Waals surface area contributed by atoms with E-state index in [4.69, 9.17) is 0 Å². The molecule has 3 aromatic rings. The summed E-state index contributed by atoms with van der Waals surface area (Å²) >= 11 is 0. The molecule has 4 nitrogen and oxygen atoms in total. The van der Waals surface area contributed by atoms with Crippen LogP contribution in [0.25, 0.3) is 5.69 Å². The molecule has 0 unspecified atom stereocenters. The number of aromatic nitrogens is 2. The molecule has 0 spiro atoms. The fourth-order valence-electron chi connectivity index (χ4n) is 2.89. The Morgan fingerprint density at radius 1 is 0.960 bits per heavy atom. The monoisotopic (exact) mass is 335 g/mol. The Morgan fingerprint density at radius 3 is 2.44 bits per heavy atom. The van der Waals surface area contributed by atoms with Crippen molar-refractivity contribution in [3.8, 4) is 5.69 Å². The SMILES string of the molecule is CCCCCCc1ccc(Nc2cc(=O)n(-c3ccccc3)[nH]2)cc1. The van der Waals surface area contributed by atoms with Gasteiger partial charge in [-0.3, -0.25) is 9.89 Å². The van der Waals surface area contributed by atoms with E-state index in [0.29, 0.717) is 5.82 Å². The Kier molecular flexibility index (Phi) is 5.73. The number of benzene rings is 2. The van der Waals surface area contributed by atoms with E-state index < -0.39 is 0 Å². The van der Waals surface area contributed by atoms with Crippen LogP contribution >= 0.6 is 0 Å². The van der Waals surface area contributed by atoms with Gasteiger partial charge < -0.3 is 5.32 Å². The predicted molar refractivity (Wildman–Crippen MR) is 104 cm³/mol. The molecule has 0 aliphatic rings. The van der Waals surface area contributed by atoms with Crippen molar-refractivity contribution >= 4 is 11.5 Å². The molecule has 0 bridgehead atoms. The molecule has 0 aliphatic heterocycles. The molecule has 0 atom stereocenters. The van der Waals surface area contributed by atoms with E-state index >= 15 is 0 Å². The molecule has 0 fully saturated rings. The maximum Gasteiger partial charge on any atom is 0.273 e. The van der Waals surface area contributed by atoms with Gasteiger partial charge in [-0.05, 0) is 42.7 Å². The van der Waals surface area contributed by atoms with E-state index in [0.717, 1.165) is 17.8 Å². The zero-order valence-corrected chi connectivity index (χ0v) is 14.7. The second kappa shape index (κ2) is 8.38. The maximum absolute atomic E-state index is 12.1. The van der Waals surface area contributed by atoms with Gasteiger partial charge in [0.15, 0.2) is 0 Å². The van der Waals surface area contributed by atoms with Crippen molar-refractivity contribution in [2.45, 2.75) is 39.0 Å². The number of rotatable bonds is 8. The third-order valence-electron chi connectivity index (χ3n) is 4.29. The van der Waals surface area contributed by atoms with Crippen molar-refractivity contribution in [2.24, 2.45) is 0 Å². The molecule has 0 amide bonds. The first-order chi connectivity index (χ1) is 12.3. The largest absolute Gasteiger partial charge is 0.341 e. The molecule has 1 aromatic heterocycles. The molecular formula is C21H25N3O. The van der Waals surface area contributed by atoms with E-state index in [1.54, 1.807) is 6.07 Å². The van der Waals surface area contributed by atoms with Crippen LogP contribution in [0.3, 0.4) is 0 Å². The molecule has 0 radical (unpaired) electrons. The summed E-state index contributed by atoms with van der Waals surface area (Å²) in [5.74, 6) is 0.685. The summed E-state index contributed by atoms with van der Waals surface area (Å²) in [5.41, 5.74) is 3.07. The maximum atomic E-state index is 12.1. The van der Waals surface area contributed by atoms with Crippen LogP contribution in [0.4, 0.5) is 11.5 Å². The van der Waals surface area contributed by atoms with E-state index in [1.807, 2.05) is 30.3 Å². The van der Waals surface area contributed by atoms with Crippen LogP contribution in [0.1, 0.15) is 38.2 Å². The van der Waals surface area contributed by atoms with Gasteiger partial charge in [-0.15, -0.1) is 0 Å². The Hall–Kier alpha value is -2.75. The number of nitrogens with one attached hydrogen (secondary N) is 2. The third kappa shape index (κ3) is 4.63. The lowest BCUT2D eigenvalue weighted by molar-refractivity contribution is 0.667. The van der Waals surface area contributed by atoms with E-state index in [9.17, 15) is 4.79 Å². The molecule has 0 saturated heterocycles. The number of anilines is 2. The van der Waals surface area contributed by atoms with Gasteiger partial charge in [-0.1, -0.05) is 56.5 Å². The zero-order chi connectivity index (χ0) is 17.5. The number of nitrogens with zero attached hydrogens (tertiary/aromatic N) is 1. The topological polar surface area (TPSA) is 49.8 Å². The van der Waals surface area contributed by atoms with E-state index in [2.05, 4.69) is 41.6 Å². The Bertz CT molecular complexity index is 832.